The van der Waals surface area contributed by atoms with E-state index in [1.54, 1.807) is 0 Å². The zero-order valence-electron chi connectivity index (χ0n) is 40.4. The van der Waals surface area contributed by atoms with Crippen molar-refractivity contribution in [2.75, 3.05) is 0 Å². The van der Waals surface area contributed by atoms with Gasteiger partial charge in [0.15, 0.2) is 17.5 Å². The van der Waals surface area contributed by atoms with E-state index in [4.69, 9.17) is 23.8 Å². The Labute approximate surface area is 431 Å². The van der Waals surface area contributed by atoms with Crippen molar-refractivity contribution in [1.29, 1.82) is 0 Å². The van der Waals surface area contributed by atoms with Gasteiger partial charge in [-0.15, -0.1) is 0 Å². The first-order valence-electron chi connectivity index (χ1n) is 25.2. The van der Waals surface area contributed by atoms with Crippen molar-refractivity contribution in [3.63, 3.8) is 0 Å². The molecule has 0 N–H and O–H groups in total. The Morgan fingerprint density at radius 1 is 0.253 bits per heavy atom. The van der Waals surface area contributed by atoms with Crippen LogP contribution in [0.2, 0.25) is 0 Å². The van der Waals surface area contributed by atoms with Crippen LogP contribution < -0.4 is 0 Å². The third-order valence-electron chi connectivity index (χ3n) is 14.7. The molecule has 75 heavy (non-hydrogen) atoms. The molecule has 0 saturated carbocycles. The Bertz CT molecular complexity index is 4690. The van der Waals surface area contributed by atoms with Crippen LogP contribution in [0.5, 0.6) is 0 Å². The SMILES string of the molecule is c1ccc(-c2ccc(-c3nc(-c4ccccc4)nc(-c4cccc5oc6cc(-c7cccc(-c8cc9c(cc8-n8c%10ccccc%10c%10cc(-c%11ccccc%11)ccc%108)oc8ccccc89)c7)ccc6c45)n3)cc2)cc1. The second kappa shape index (κ2) is 17.3. The number of aromatic nitrogens is 4. The summed E-state index contributed by atoms with van der Waals surface area (Å²) in [5.74, 6) is 1.78. The number of fused-ring (bicyclic) bond motifs is 9. The summed E-state index contributed by atoms with van der Waals surface area (Å²) in [5.41, 5.74) is 18.2. The number of nitrogens with zero attached hydrogens (tertiary/aromatic N) is 4. The van der Waals surface area contributed by atoms with E-state index < -0.39 is 0 Å². The minimum Gasteiger partial charge on any atom is -0.456 e. The molecule has 0 amide bonds. The van der Waals surface area contributed by atoms with Crippen molar-refractivity contribution < 1.29 is 8.83 Å². The van der Waals surface area contributed by atoms with E-state index in [0.717, 1.165) is 111 Å². The molecule has 15 aromatic rings. The van der Waals surface area contributed by atoms with Crippen molar-refractivity contribution >= 4 is 65.7 Å². The third-order valence-corrected chi connectivity index (χ3v) is 14.7. The summed E-state index contributed by atoms with van der Waals surface area (Å²) in [7, 11) is 0. The lowest BCUT2D eigenvalue weighted by Crippen LogP contribution is -2.00. The van der Waals surface area contributed by atoms with Gasteiger partial charge < -0.3 is 13.4 Å². The molecule has 0 bridgehead atoms. The molecule has 4 heterocycles. The number of rotatable bonds is 8. The van der Waals surface area contributed by atoms with Crippen LogP contribution >= 0.6 is 0 Å². The van der Waals surface area contributed by atoms with Gasteiger partial charge in [0, 0.05) is 60.6 Å². The van der Waals surface area contributed by atoms with Gasteiger partial charge in [0.1, 0.15) is 22.3 Å². The van der Waals surface area contributed by atoms with Gasteiger partial charge in [0.05, 0.1) is 16.7 Å². The third kappa shape index (κ3) is 7.22. The molecule has 0 unspecified atom stereocenters. The normalized spacial score (nSPS) is 11.7. The van der Waals surface area contributed by atoms with Gasteiger partial charge in [-0.1, -0.05) is 194 Å². The first kappa shape index (κ1) is 42.5. The Balaban J connectivity index is 0.860. The average molecular weight is 959 g/mol. The van der Waals surface area contributed by atoms with Gasteiger partial charge in [0.2, 0.25) is 0 Å². The molecule has 0 aliphatic rings. The molecule has 0 fully saturated rings. The maximum absolute atomic E-state index is 6.76. The van der Waals surface area contributed by atoms with Crippen LogP contribution in [0.1, 0.15) is 0 Å². The molecule has 11 aromatic carbocycles. The molecule has 4 aromatic heterocycles. The van der Waals surface area contributed by atoms with E-state index in [2.05, 4.69) is 199 Å². The van der Waals surface area contributed by atoms with Crippen molar-refractivity contribution in [1.82, 2.24) is 19.5 Å². The first-order chi connectivity index (χ1) is 37.1. The minimum atomic E-state index is 0.578. The molecule has 350 valence electrons. The summed E-state index contributed by atoms with van der Waals surface area (Å²) < 4.78 is 15.8. The molecule has 15 rings (SSSR count). The van der Waals surface area contributed by atoms with E-state index in [0.29, 0.717) is 17.5 Å². The lowest BCUT2D eigenvalue weighted by Gasteiger charge is -2.16. The maximum Gasteiger partial charge on any atom is 0.164 e. The quantitative estimate of drug-likeness (QED) is 0.152. The van der Waals surface area contributed by atoms with Gasteiger partial charge in [-0.05, 0) is 93.5 Å². The number of hydrogen-bond acceptors (Lipinski definition) is 5. The van der Waals surface area contributed by atoms with Crippen LogP contribution in [0.25, 0.3) is 150 Å². The first-order valence-corrected chi connectivity index (χ1v) is 25.2. The molecule has 0 aliphatic carbocycles. The summed E-state index contributed by atoms with van der Waals surface area (Å²) in [4.78, 5) is 15.4. The van der Waals surface area contributed by atoms with E-state index in [-0.39, 0.29) is 0 Å². The van der Waals surface area contributed by atoms with Crippen LogP contribution in [-0.4, -0.2) is 19.5 Å². The number of benzene rings is 11. The fourth-order valence-electron chi connectivity index (χ4n) is 11.1. The second-order valence-corrected chi connectivity index (χ2v) is 19.1. The fraction of sp³-hybridized carbons (Fsp3) is 0. The highest BCUT2D eigenvalue weighted by atomic mass is 16.3. The molecule has 0 radical (unpaired) electrons. The minimum absolute atomic E-state index is 0.578. The molecule has 0 atom stereocenters. The summed E-state index contributed by atoms with van der Waals surface area (Å²) in [6.07, 6.45) is 0. The molecule has 6 heteroatoms. The van der Waals surface area contributed by atoms with Crippen LogP contribution in [0, 0.1) is 0 Å². The molecule has 0 saturated heterocycles. The van der Waals surface area contributed by atoms with Gasteiger partial charge >= 0.3 is 0 Å². The topological polar surface area (TPSA) is 69.9 Å². The van der Waals surface area contributed by atoms with Gasteiger partial charge in [-0.3, -0.25) is 0 Å². The number of para-hydroxylation sites is 2. The van der Waals surface area contributed by atoms with E-state index in [9.17, 15) is 0 Å². The van der Waals surface area contributed by atoms with Crippen molar-refractivity contribution in [3.05, 3.63) is 255 Å². The summed E-state index contributed by atoms with van der Waals surface area (Å²) in [6, 6.07) is 89.4. The Kier molecular flexibility index (Phi) is 9.78. The zero-order valence-corrected chi connectivity index (χ0v) is 40.4. The largest absolute Gasteiger partial charge is 0.456 e. The van der Waals surface area contributed by atoms with Crippen LogP contribution in [0.3, 0.4) is 0 Å². The van der Waals surface area contributed by atoms with Crippen molar-refractivity contribution in [3.8, 4) is 84.4 Å². The molecular formula is C69H42N4O2. The number of furan rings is 2. The van der Waals surface area contributed by atoms with Crippen molar-refractivity contribution in [2.24, 2.45) is 0 Å². The lowest BCUT2D eigenvalue weighted by molar-refractivity contribution is 0.668. The monoisotopic (exact) mass is 958 g/mol. The molecular weight excluding hydrogens is 917 g/mol. The van der Waals surface area contributed by atoms with E-state index in [1.807, 2.05) is 60.7 Å². The summed E-state index contributed by atoms with van der Waals surface area (Å²) in [6.45, 7) is 0. The zero-order chi connectivity index (χ0) is 49.4. The van der Waals surface area contributed by atoms with Crippen LogP contribution in [-0.2, 0) is 0 Å². The predicted molar refractivity (Wildman–Crippen MR) is 307 cm³/mol. The molecule has 0 aliphatic heterocycles. The van der Waals surface area contributed by atoms with E-state index in [1.165, 1.54) is 21.9 Å². The Morgan fingerprint density at radius 3 is 1.55 bits per heavy atom. The predicted octanol–water partition coefficient (Wildman–Crippen LogP) is 18.4. The fourth-order valence-corrected chi connectivity index (χ4v) is 11.1. The summed E-state index contributed by atoms with van der Waals surface area (Å²) in [5, 5.41) is 6.48. The van der Waals surface area contributed by atoms with Crippen LogP contribution in [0.4, 0.5) is 0 Å². The highest BCUT2D eigenvalue weighted by Gasteiger charge is 2.22. The van der Waals surface area contributed by atoms with Gasteiger partial charge in [-0.25, -0.2) is 15.0 Å². The van der Waals surface area contributed by atoms with Crippen LogP contribution in [0.15, 0.2) is 264 Å². The Hall–Kier alpha value is -10.2. The summed E-state index contributed by atoms with van der Waals surface area (Å²) >= 11 is 0. The smallest absolute Gasteiger partial charge is 0.164 e. The average Bonchev–Trinajstić information content (AvgIpc) is 4.21. The lowest BCUT2D eigenvalue weighted by atomic mass is 9.95. The standard InChI is InChI=1S/C69H42N4O2/c1-4-16-43(17-5-1)45-30-32-47(33-31-45)68-70-67(46-20-8-3-9-21-46)71-69(72-68)55-26-15-29-63-66(55)54-36-34-50(40-64(54)75-63)48-22-14-23-51(38-48)56-41-58-53-25-11-13-28-62(53)74-65(58)42-61(56)73-59-27-12-10-24-52(59)57-39-49(35-37-60(57)73)44-18-6-2-7-19-44/h1-42H. The molecule has 6 nitrogen and oxygen atoms in total. The highest BCUT2D eigenvalue weighted by Crippen LogP contribution is 2.44. The Morgan fingerprint density at radius 2 is 0.760 bits per heavy atom. The van der Waals surface area contributed by atoms with Crippen molar-refractivity contribution in [2.45, 2.75) is 0 Å². The molecule has 0 spiro atoms. The number of hydrogen-bond donors (Lipinski definition) is 0. The van der Waals surface area contributed by atoms with Gasteiger partial charge in [-0.2, -0.15) is 0 Å². The van der Waals surface area contributed by atoms with Gasteiger partial charge in [0.25, 0.3) is 0 Å². The second-order valence-electron chi connectivity index (χ2n) is 19.1. The van der Waals surface area contributed by atoms with E-state index >= 15 is 0 Å². The maximum atomic E-state index is 6.76. The highest BCUT2D eigenvalue weighted by molar-refractivity contribution is 6.14.